The summed E-state index contributed by atoms with van der Waals surface area (Å²) in [6, 6.07) is 14.0. The molecule has 1 amide bonds. The second-order valence-corrected chi connectivity index (χ2v) is 7.29. The van der Waals surface area contributed by atoms with Crippen molar-refractivity contribution in [1.82, 2.24) is 5.32 Å². The molecule has 7 heteroatoms. The molecule has 30 heavy (non-hydrogen) atoms. The smallest absolute Gasteiger partial charge is 0.271 e. The SMILES string of the molecule is CCC(N/C=C(/C#N)C(=O)Nc1cccc([N+](=O)[O-])c1)c1ccc2c(c1)CCCC2. The lowest BCUT2D eigenvalue weighted by Gasteiger charge is -2.21. The van der Waals surface area contributed by atoms with Gasteiger partial charge in [-0.15, -0.1) is 0 Å². The predicted molar refractivity (Wildman–Crippen MR) is 115 cm³/mol. The highest BCUT2D eigenvalue weighted by Crippen LogP contribution is 2.26. The minimum Gasteiger partial charge on any atom is -0.383 e. The molecule has 0 saturated heterocycles. The molecule has 1 atom stereocenters. The number of nitrogens with zero attached hydrogens (tertiary/aromatic N) is 2. The van der Waals surface area contributed by atoms with E-state index in [1.54, 1.807) is 0 Å². The fourth-order valence-corrected chi connectivity index (χ4v) is 3.65. The topological polar surface area (TPSA) is 108 Å². The second kappa shape index (κ2) is 9.70. The van der Waals surface area contributed by atoms with Crippen LogP contribution in [0.15, 0.2) is 54.2 Å². The van der Waals surface area contributed by atoms with Crippen molar-refractivity contribution in [1.29, 1.82) is 5.26 Å². The number of hydrogen-bond donors (Lipinski definition) is 2. The molecule has 2 N–H and O–H groups in total. The maximum absolute atomic E-state index is 12.4. The van der Waals surface area contributed by atoms with E-state index in [1.807, 2.05) is 13.0 Å². The summed E-state index contributed by atoms with van der Waals surface area (Å²) in [4.78, 5) is 22.8. The number of rotatable bonds is 7. The summed E-state index contributed by atoms with van der Waals surface area (Å²) in [6.07, 6.45) is 6.86. The number of amides is 1. The zero-order valence-electron chi connectivity index (χ0n) is 16.9. The molecule has 0 heterocycles. The van der Waals surface area contributed by atoms with Crippen LogP contribution >= 0.6 is 0 Å². The van der Waals surface area contributed by atoms with E-state index in [0.29, 0.717) is 0 Å². The second-order valence-electron chi connectivity index (χ2n) is 7.29. The summed E-state index contributed by atoms with van der Waals surface area (Å²) in [5.74, 6) is -0.620. The molecule has 0 saturated carbocycles. The van der Waals surface area contributed by atoms with Crippen LogP contribution in [0.4, 0.5) is 11.4 Å². The Morgan fingerprint density at radius 1 is 1.23 bits per heavy atom. The van der Waals surface area contributed by atoms with E-state index in [0.717, 1.165) is 24.8 Å². The van der Waals surface area contributed by atoms with Gasteiger partial charge >= 0.3 is 0 Å². The Labute approximate surface area is 175 Å². The third-order valence-corrected chi connectivity index (χ3v) is 5.29. The Balaban J connectivity index is 1.72. The van der Waals surface area contributed by atoms with E-state index in [4.69, 9.17) is 0 Å². The van der Waals surface area contributed by atoms with Gasteiger partial charge in [-0.05, 0) is 54.9 Å². The lowest BCUT2D eigenvalue weighted by molar-refractivity contribution is -0.384. The molecule has 154 valence electrons. The summed E-state index contributed by atoms with van der Waals surface area (Å²) >= 11 is 0. The van der Waals surface area contributed by atoms with Crippen molar-refractivity contribution in [3.63, 3.8) is 0 Å². The molecule has 1 aliphatic rings. The summed E-state index contributed by atoms with van der Waals surface area (Å²) in [6.45, 7) is 2.04. The zero-order valence-corrected chi connectivity index (χ0v) is 16.9. The first-order valence-corrected chi connectivity index (χ1v) is 10.1. The van der Waals surface area contributed by atoms with Gasteiger partial charge in [0.2, 0.25) is 0 Å². The van der Waals surface area contributed by atoms with Gasteiger partial charge in [0.15, 0.2) is 0 Å². The average molecular weight is 404 g/mol. The number of non-ortho nitro benzene ring substituents is 1. The third kappa shape index (κ3) is 5.03. The molecule has 1 unspecified atom stereocenters. The fourth-order valence-electron chi connectivity index (χ4n) is 3.65. The zero-order chi connectivity index (χ0) is 21.5. The highest BCUT2D eigenvalue weighted by Gasteiger charge is 2.16. The lowest BCUT2D eigenvalue weighted by atomic mass is 9.89. The summed E-state index contributed by atoms with van der Waals surface area (Å²) in [5, 5.41) is 26.0. The Morgan fingerprint density at radius 3 is 2.70 bits per heavy atom. The van der Waals surface area contributed by atoms with Gasteiger partial charge in [0.05, 0.1) is 11.0 Å². The van der Waals surface area contributed by atoms with Crippen LogP contribution < -0.4 is 10.6 Å². The van der Waals surface area contributed by atoms with Gasteiger partial charge in [-0.2, -0.15) is 5.26 Å². The standard InChI is InChI=1S/C23H24N4O3/c1-2-22(18-11-10-16-6-3-4-7-17(16)12-18)25-15-19(14-24)23(28)26-20-8-5-9-21(13-20)27(29)30/h5,8-13,15,22,25H,2-4,6-7H2,1H3,(H,26,28)/b19-15-. The van der Waals surface area contributed by atoms with Crippen LogP contribution in [0, 0.1) is 21.4 Å². The highest BCUT2D eigenvalue weighted by atomic mass is 16.6. The number of carbonyl (C=O) groups excluding carboxylic acids is 1. The molecule has 0 bridgehead atoms. The Morgan fingerprint density at radius 2 is 2.00 bits per heavy atom. The number of anilines is 1. The van der Waals surface area contributed by atoms with Crippen molar-refractivity contribution in [3.8, 4) is 6.07 Å². The molecule has 0 radical (unpaired) electrons. The Bertz CT molecular complexity index is 1020. The molecule has 2 aromatic carbocycles. The van der Waals surface area contributed by atoms with Crippen LogP contribution in [0.2, 0.25) is 0 Å². The van der Waals surface area contributed by atoms with Crippen molar-refractivity contribution < 1.29 is 9.72 Å². The first kappa shape index (κ1) is 21.1. The molecular formula is C23H24N4O3. The number of benzene rings is 2. The van der Waals surface area contributed by atoms with Gasteiger partial charge < -0.3 is 10.6 Å². The van der Waals surface area contributed by atoms with E-state index in [-0.39, 0.29) is 23.0 Å². The summed E-state index contributed by atoms with van der Waals surface area (Å²) in [5.41, 5.74) is 3.95. The maximum Gasteiger partial charge on any atom is 0.271 e. The van der Waals surface area contributed by atoms with Crippen LogP contribution in [-0.4, -0.2) is 10.8 Å². The number of nitrogens with one attached hydrogen (secondary N) is 2. The molecule has 3 rings (SSSR count). The van der Waals surface area contributed by atoms with Crippen LogP contribution in [0.5, 0.6) is 0 Å². The number of nitro benzene ring substituents is 1. The van der Waals surface area contributed by atoms with Gasteiger partial charge in [-0.1, -0.05) is 31.2 Å². The number of aryl methyl sites for hydroxylation is 2. The van der Waals surface area contributed by atoms with E-state index in [2.05, 4.69) is 28.8 Å². The predicted octanol–water partition coefficient (Wildman–Crippen LogP) is 4.56. The van der Waals surface area contributed by atoms with Gasteiger partial charge in [0.1, 0.15) is 11.6 Å². The maximum atomic E-state index is 12.4. The van der Waals surface area contributed by atoms with Crippen LogP contribution in [0.25, 0.3) is 0 Å². The van der Waals surface area contributed by atoms with Crippen LogP contribution in [-0.2, 0) is 17.6 Å². The third-order valence-electron chi connectivity index (χ3n) is 5.29. The van der Waals surface area contributed by atoms with Crippen molar-refractivity contribution >= 4 is 17.3 Å². The van der Waals surface area contributed by atoms with Crippen molar-refractivity contribution in [2.75, 3.05) is 5.32 Å². The highest BCUT2D eigenvalue weighted by molar-refractivity contribution is 6.06. The molecule has 1 aliphatic carbocycles. The van der Waals surface area contributed by atoms with Crippen LogP contribution in [0.3, 0.4) is 0 Å². The van der Waals surface area contributed by atoms with E-state index in [1.165, 1.54) is 54.4 Å². The Kier molecular flexibility index (Phi) is 6.81. The lowest BCUT2D eigenvalue weighted by Crippen LogP contribution is -2.20. The van der Waals surface area contributed by atoms with E-state index in [9.17, 15) is 20.2 Å². The number of carbonyl (C=O) groups is 1. The largest absolute Gasteiger partial charge is 0.383 e. The molecule has 0 aromatic heterocycles. The van der Waals surface area contributed by atoms with Gasteiger partial charge in [-0.3, -0.25) is 14.9 Å². The monoisotopic (exact) mass is 404 g/mol. The van der Waals surface area contributed by atoms with Gasteiger partial charge in [0.25, 0.3) is 11.6 Å². The van der Waals surface area contributed by atoms with Gasteiger partial charge in [-0.25, -0.2) is 0 Å². The number of hydrogen-bond acceptors (Lipinski definition) is 5. The minimum absolute atomic E-state index is 0.0220. The molecule has 0 fully saturated rings. The van der Waals surface area contributed by atoms with Gasteiger partial charge in [0, 0.05) is 24.0 Å². The van der Waals surface area contributed by atoms with Crippen molar-refractivity contribution in [2.24, 2.45) is 0 Å². The molecule has 2 aromatic rings. The van der Waals surface area contributed by atoms with E-state index < -0.39 is 10.8 Å². The van der Waals surface area contributed by atoms with E-state index >= 15 is 0 Å². The summed E-state index contributed by atoms with van der Waals surface area (Å²) in [7, 11) is 0. The fraction of sp³-hybridized carbons (Fsp3) is 0.304. The first-order valence-electron chi connectivity index (χ1n) is 10.1. The molecule has 7 nitrogen and oxygen atoms in total. The number of nitriles is 1. The quantitative estimate of drug-likeness (QED) is 0.304. The molecular weight excluding hydrogens is 380 g/mol. The average Bonchev–Trinajstić information content (AvgIpc) is 2.76. The Hall–Kier alpha value is -3.66. The van der Waals surface area contributed by atoms with Crippen molar-refractivity contribution in [2.45, 2.75) is 45.1 Å². The van der Waals surface area contributed by atoms with Crippen LogP contribution in [0.1, 0.15) is 48.9 Å². The first-order chi connectivity index (χ1) is 14.5. The normalized spacial score (nSPS) is 14.2. The number of nitro groups is 1. The number of fused-ring (bicyclic) bond motifs is 1. The van der Waals surface area contributed by atoms with Crippen molar-refractivity contribution in [3.05, 3.63) is 81.0 Å². The minimum atomic E-state index is -0.620. The summed E-state index contributed by atoms with van der Waals surface area (Å²) < 4.78 is 0. The molecule has 0 spiro atoms. The molecule has 0 aliphatic heterocycles.